The van der Waals surface area contributed by atoms with Gasteiger partial charge < -0.3 is 20.3 Å². The van der Waals surface area contributed by atoms with Gasteiger partial charge in [-0.15, -0.1) is 0 Å². The minimum absolute atomic E-state index is 0.155. The molecule has 1 fully saturated rings. The van der Waals surface area contributed by atoms with Crippen molar-refractivity contribution in [3.05, 3.63) is 53.3 Å². The third-order valence-corrected chi connectivity index (χ3v) is 5.23. The Kier molecular flexibility index (Phi) is 4.74. The number of fused-ring (bicyclic) bond motifs is 1. The van der Waals surface area contributed by atoms with Crippen LogP contribution in [0.1, 0.15) is 18.1 Å². The molecule has 2 aliphatic heterocycles. The standard InChI is InChI=1S/C21H24FN3O2/c1-13-6-7-18(22)17-11-19(24-20(13)17)21(26)23-15-4-3-5-16(10-15)25-8-9-27-14(2)12-25/h3-7,10,14,19,24H,8-9,11-12H2,1-2H3,(H,23,26). The molecule has 5 nitrogen and oxygen atoms in total. The van der Waals surface area contributed by atoms with Crippen LogP contribution in [0.2, 0.25) is 0 Å². The van der Waals surface area contributed by atoms with E-state index in [1.54, 1.807) is 6.07 Å². The quantitative estimate of drug-likeness (QED) is 0.871. The van der Waals surface area contributed by atoms with Crippen LogP contribution in [0.25, 0.3) is 0 Å². The number of anilines is 3. The Bertz CT molecular complexity index is 840. The van der Waals surface area contributed by atoms with Gasteiger partial charge in [0.1, 0.15) is 11.9 Å². The van der Waals surface area contributed by atoms with E-state index in [9.17, 15) is 9.18 Å². The molecule has 2 heterocycles. The van der Waals surface area contributed by atoms with Gasteiger partial charge in [-0.2, -0.15) is 0 Å². The predicted molar refractivity (Wildman–Crippen MR) is 105 cm³/mol. The molecule has 0 spiro atoms. The van der Waals surface area contributed by atoms with E-state index < -0.39 is 6.04 Å². The minimum Gasteiger partial charge on any atom is -0.375 e. The molecule has 27 heavy (non-hydrogen) atoms. The molecule has 2 aromatic carbocycles. The molecule has 1 amide bonds. The van der Waals surface area contributed by atoms with Gasteiger partial charge in [-0.1, -0.05) is 12.1 Å². The van der Waals surface area contributed by atoms with Gasteiger partial charge in [-0.25, -0.2) is 4.39 Å². The number of morpholine rings is 1. The molecule has 2 aliphatic rings. The van der Waals surface area contributed by atoms with Gasteiger partial charge in [0.05, 0.1) is 12.7 Å². The number of hydrogen-bond donors (Lipinski definition) is 2. The fourth-order valence-electron chi connectivity index (χ4n) is 3.79. The van der Waals surface area contributed by atoms with Crippen LogP contribution in [-0.2, 0) is 16.0 Å². The highest BCUT2D eigenvalue weighted by atomic mass is 19.1. The van der Waals surface area contributed by atoms with Crippen molar-refractivity contribution in [1.29, 1.82) is 0 Å². The maximum absolute atomic E-state index is 14.0. The van der Waals surface area contributed by atoms with E-state index in [1.165, 1.54) is 6.07 Å². The average molecular weight is 369 g/mol. The van der Waals surface area contributed by atoms with E-state index >= 15 is 0 Å². The lowest BCUT2D eigenvalue weighted by Crippen LogP contribution is -2.41. The molecule has 2 aromatic rings. The summed E-state index contributed by atoms with van der Waals surface area (Å²) in [6, 6.07) is 10.5. The summed E-state index contributed by atoms with van der Waals surface area (Å²) in [6.07, 6.45) is 0.548. The second kappa shape index (κ2) is 7.19. The lowest BCUT2D eigenvalue weighted by molar-refractivity contribution is -0.116. The van der Waals surface area contributed by atoms with E-state index in [1.807, 2.05) is 31.2 Å². The topological polar surface area (TPSA) is 53.6 Å². The van der Waals surface area contributed by atoms with Crippen LogP contribution in [0.15, 0.2) is 36.4 Å². The number of nitrogens with zero attached hydrogens (tertiary/aromatic N) is 1. The molecule has 4 rings (SSSR count). The first kappa shape index (κ1) is 17.8. The minimum atomic E-state index is -0.470. The molecule has 142 valence electrons. The van der Waals surface area contributed by atoms with Crippen molar-refractivity contribution in [3.63, 3.8) is 0 Å². The van der Waals surface area contributed by atoms with Gasteiger partial charge in [0.25, 0.3) is 0 Å². The highest BCUT2D eigenvalue weighted by Crippen LogP contribution is 2.32. The molecule has 2 atom stereocenters. The summed E-state index contributed by atoms with van der Waals surface area (Å²) in [5.74, 6) is -0.417. The Morgan fingerprint density at radius 3 is 2.96 bits per heavy atom. The number of carbonyl (C=O) groups is 1. The van der Waals surface area contributed by atoms with Crippen LogP contribution in [0.3, 0.4) is 0 Å². The highest BCUT2D eigenvalue weighted by Gasteiger charge is 2.30. The van der Waals surface area contributed by atoms with E-state index in [2.05, 4.69) is 22.5 Å². The number of ether oxygens (including phenoxy) is 1. The van der Waals surface area contributed by atoms with Crippen LogP contribution in [0, 0.1) is 12.7 Å². The van der Waals surface area contributed by atoms with Crippen molar-refractivity contribution in [3.8, 4) is 0 Å². The van der Waals surface area contributed by atoms with Crippen LogP contribution in [-0.4, -0.2) is 37.7 Å². The van der Waals surface area contributed by atoms with Gasteiger partial charge in [0.15, 0.2) is 0 Å². The monoisotopic (exact) mass is 369 g/mol. The van der Waals surface area contributed by atoms with Gasteiger partial charge in [0.2, 0.25) is 5.91 Å². The van der Waals surface area contributed by atoms with Crippen molar-refractivity contribution < 1.29 is 13.9 Å². The van der Waals surface area contributed by atoms with Gasteiger partial charge in [0, 0.05) is 42.1 Å². The average Bonchev–Trinajstić information content (AvgIpc) is 3.12. The highest BCUT2D eigenvalue weighted by molar-refractivity contribution is 5.98. The largest absolute Gasteiger partial charge is 0.375 e. The molecule has 0 saturated carbocycles. The number of aryl methyl sites for hydroxylation is 1. The van der Waals surface area contributed by atoms with Crippen molar-refractivity contribution in [2.24, 2.45) is 0 Å². The van der Waals surface area contributed by atoms with E-state index in [4.69, 9.17) is 4.74 Å². The third-order valence-electron chi connectivity index (χ3n) is 5.23. The van der Waals surface area contributed by atoms with Gasteiger partial charge in [-0.05, 0) is 43.7 Å². The smallest absolute Gasteiger partial charge is 0.247 e. The molecule has 0 aromatic heterocycles. The van der Waals surface area contributed by atoms with E-state index in [0.29, 0.717) is 18.6 Å². The van der Waals surface area contributed by atoms with Crippen molar-refractivity contribution in [2.45, 2.75) is 32.4 Å². The summed E-state index contributed by atoms with van der Waals surface area (Å²) in [6.45, 7) is 6.34. The fraction of sp³-hybridized carbons (Fsp3) is 0.381. The second-order valence-electron chi connectivity index (χ2n) is 7.29. The molecule has 0 radical (unpaired) electrons. The number of benzene rings is 2. The molecular formula is C21H24FN3O2. The Labute approximate surface area is 158 Å². The summed E-state index contributed by atoms with van der Waals surface area (Å²) in [4.78, 5) is 15.0. The zero-order chi connectivity index (χ0) is 19.0. The van der Waals surface area contributed by atoms with Crippen molar-refractivity contribution in [2.75, 3.05) is 35.2 Å². The number of halogens is 1. The molecule has 2 unspecified atom stereocenters. The van der Waals surface area contributed by atoms with Gasteiger partial charge >= 0.3 is 0 Å². The SMILES string of the molecule is Cc1ccc(F)c2c1NC(C(=O)Nc1cccc(N3CCOC(C)C3)c1)C2. The molecule has 1 saturated heterocycles. The van der Waals surface area contributed by atoms with Gasteiger partial charge in [-0.3, -0.25) is 4.79 Å². The first-order valence-corrected chi connectivity index (χ1v) is 9.33. The van der Waals surface area contributed by atoms with Crippen molar-refractivity contribution in [1.82, 2.24) is 0 Å². The summed E-state index contributed by atoms with van der Waals surface area (Å²) < 4.78 is 19.6. The van der Waals surface area contributed by atoms with E-state index in [0.717, 1.165) is 35.7 Å². The predicted octanol–water partition coefficient (Wildman–Crippen LogP) is 3.33. The zero-order valence-corrected chi connectivity index (χ0v) is 15.6. The van der Waals surface area contributed by atoms with Crippen LogP contribution in [0.5, 0.6) is 0 Å². The second-order valence-corrected chi connectivity index (χ2v) is 7.29. The van der Waals surface area contributed by atoms with Crippen LogP contribution >= 0.6 is 0 Å². The van der Waals surface area contributed by atoms with Crippen LogP contribution in [0.4, 0.5) is 21.5 Å². The molecule has 0 bridgehead atoms. The summed E-state index contributed by atoms with van der Waals surface area (Å²) in [7, 11) is 0. The summed E-state index contributed by atoms with van der Waals surface area (Å²) in [5, 5.41) is 6.13. The normalized spacial score (nSPS) is 21.5. The third kappa shape index (κ3) is 3.62. The summed E-state index contributed by atoms with van der Waals surface area (Å²) in [5.41, 5.74) is 4.08. The number of rotatable bonds is 3. The number of hydrogen-bond acceptors (Lipinski definition) is 4. The fourth-order valence-corrected chi connectivity index (χ4v) is 3.79. The Morgan fingerprint density at radius 2 is 2.19 bits per heavy atom. The maximum atomic E-state index is 14.0. The number of carbonyl (C=O) groups excluding carboxylic acids is 1. The maximum Gasteiger partial charge on any atom is 0.247 e. The summed E-state index contributed by atoms with van der Waals surface area (Å²) >= 11 is 0. The van der Waals surface area contributed by atoms with Crippen LogP contribution < -0.4 is 15.5 Å². The lowest BCUT2D eigenvalue weighted by Gasteiger charge is -2.33. The zero-order valence-electron chi connectivity index (χ0n) is 15.6. The first-order chi connectivity index (χ1) is 13.0. The molecule has 0 aliphatic carbocycles. The van der Waals surface area contributed by atoms with E-state index in [-0.39, 0.29) is 17.8 Å². The number of nitrogens with one attached hydrogen (secondary N) is 2. The lowest BCUT2D eigenvalue weighted by atomic mass is 10.1. The Balaban J connectivity index is 1.46. The Morgan fingerprint density at radius 1 is 1.33 bits per heavy atom. The number of amides is 1. The van der Waals surface area contributed by atoms with Crippen molar-refractivity contribution >= 4 is 23.0 Å². The molecular weight excluding hydrogens is 345 g/mol. The Hall–Kier alpha value is -2.60. The molecule has 6 heteroatoms. The first-order valence-electron chi connectivity index (χ1n) is 9.33. The molecule has 2 N–H and O–H groups in total.